The summed E-state index contributed by atoms with van der Waals surface area (Å²) in [6.45, 7) is 19.4. The minimum Gasteiger partial charge on any atom is -0.0988 e. The lowest BCUT2D eigenvalue weighted by Crippen LogP contribution is -1.83. The largest absolute Gasteiger partial charge is 0.0988 e. The van der Waals surface area contributed by atoms with Gasteiger partial charge in [-0.05, 0) is 106 Å². The van der Waals surface area contributed by atoms with E-state index >= 15 is 0 Å². The maximum absolute atomic E-state index is 4.01. The van der Waals surface area contributed by atoms with Gasteiger partial charge in [0.1, 0.15) is 0 Å². The molecule has 0 nitrogen and oxygen atoms in total. The first-order chi connectivity index (χ1) is 14.2. The van der Waals surface area contributed by atoms with Gasteiger partial charge >= 0.3 is 0 Å². The average molecular weight is 409 g/mol. The first kappa shape index (κ1) is 28.2. The molecule has 0 heterocycles. The van der Waals surface area contributed by atoms with Crippen molar-refractivity contribution in [1.29, 1.82) is 0 Å². The van der Waals surface area contributed by atoms with Gasteiger partial charge in [-0.1, -0.05) is 82.5 Å². The summed E-state index contributed by atoms with van der Waals surface area (Å²) in [6.07, 6.45) is 26.4. The van der Waals surface area contributed by atoms with Crippen LogP contribution in [0.25, 0.3) is 0 Å². The fourth-order valence-electron chi connectivity index (χ4n) is 3.20. The van der Waals surface area contributed by atoms with Gasteiger partial charge in [0, 0.05) is 0 Å². The van der Waals surface area contributed by atoms with Crippen LogP contribution in [0.15, 0.2) is 82.5 Å². The third-order valence-corrected chi connectivity index (χ3v) is 5.25. The predicted octanol–water partition coefficient (Wildman–Crippen LogP) is 10.4. The van der Waals surface area contributed by atoms with Crippen molar-refractivity contribution in [2.24, 2.45) is 0 Å². The van der Waals surface area contributed by atoms with Crippen LogP contribution in [0, 0.1) is 0 Å². The van der Waals surface area contributed by atoms with Crippen LogP contribution in [0.1, 0.15) is 106 Å². The summed E-state index contributed by atoms with van der Waals surface area (Å²) in [6, 6.07) is 0. The highest BCUT2D eigenvalue weighted by atomic mass is 14.0. The number of hydrogen-bond donors (Lipinski definition) is 0. The second-order valence-electron chi connectivity index (χ2n) is 9.09. The summed E-state index contributed by atoms with van der Waals surface area (Å²) in [5.74, 6) is 0. The van der Waals surface area contributed by atoms with Crippen LogP contribution in [0.4, 0.5) is 0 Å². The smallest absolute Gasteiger partial charge is 0.0164 e. The quantitative estimate of drug-likeness (QED) is 0.187. The first-order valence-corrected chi connectivity index (χ1v) is 11.8. The Morgan fingerprint density at radius 2 is 0.900 bits per heavy atom. The van der Waals surface area contributed by atoms with Crippen LogP contribution in [0.5, 0.6) is 0 Å². The maximum Gasteiger partial charge on any atom is -0.0164 e. The molecule has 0 unspecified atom stereocenters. The van der Waals surface area contributed by atoms with E-state index in [2.05, 4.69) is 91.5 Å². The Balaban J connectivity index is 4.29. The summed E-state index contributed by atoms with van der Waals surface area (Å²) in [5, 5.41) is 0. The third-order valence-electron chi connectivity index (χ3n) is 5.25. The van der Waals surface area contributed by atoms with E-state index in [1.165, 1.54) is 46.3 Å². The highest BCUT2D eigenvalue weighted by molar-refractivity contribution is 5.18. The van der Waals surface area contributed by atoms with Gasteiger partial charge in [0.2, 0.25) is 0 Å². The summed E-state index contributed by atoms with van der Waals surface area (Å²) >= 11 is 0. The Morgan fingerprint density at radius 3 is 1.33 bits per heavy atom. The molecule has 0 aliphatic carbocycles. The molecule has 0 aromatic rings. The van der Waals surface area contributed by atoms with Crippen LogP contribution in [-0.4, -0.2) is 0 Å². The molecule has 168 valence electrons. The number of hydrogen-bond acceptors (Lipinski definition) is 0. The molecule has 30 heavy (non-hydrogen) atoms. The molecule has 0 heteroatoms. The van der Waals surface area contributed by atoms with Crippen molar-refractivity contribution in [3.63, 3.8) is 0 Å². The first-order valence-electron chi connectivity index (χ1n) is 11.8. The lowest BCUT2D eigenvalue weighted by molar-refractivity contribution is 0.911. The molecule has 0 aliphatic heterocycles. The SMILES string of the molecule is C=C/C(=C\CC/C(C)=C/C/C=C(\C)CCC=C(C)C)CC/C=C(\C)CCC=C(C)C. The van der Waals surface area contributed by atoms with Gasteiger partial charge in [-0.2, -0.15) is 0 Å². The Labute approximate surface area is 188 Å². The highest BCUT2D eigenvalue weighted by Gasteiger charge is 1.95. The molecule has 0 amide bonds. The van der Waals surface area contributed by atoms with E-state index in [4.69, 9.17) is 0 Å². The van der Waals surface area contributed by atoms with E-state index in [1.807, 2.05) is 6.08 Å². The molecule has 0 spiro atoms. The third kappa shape index (κ3) is 18.2. The van der Waals surface area contributed by atoms with Gasteiger partial charge in [0.25, 0.3) is 0 Å². The summed E-state index contributed by atoms with van der Waals surface area (Å²) in [5.41, 5.74) is 8.68. The molecule has 0 N–H and O–H groups in total. The van der Waals surface area contributed by atoms with E-state index in [0.29, 0.717) is 0 Å². The molecule has 0 radical (unpaired) electrons. The van der Waals surface area contributed by atoms with Crippen LogP contribution in [-0.2, 0) is 0 Å². The van der Waals surface area contributed by atoms with E-state index in [9.17, 15) is 0 Å². The van der Waals surface area contributed by atoms with E-state index in [-0.39, 0.29) is 0 Å². The Hall–Kier alpha value is -1.82. The fraction of sp³-hybridized carbons (Fsp3) is 0.533. The van der Waals surface area contributed by atoms with Gasteiger partial charge in [-0.25, -0.2) is 0 Å². The van der Waals surface area contributed by atoms with E-state index in [0.717, 1.165) is 44.9 Å². The predicted molar refractivity (Wildman–Crippen MR) is 140 cm³/mol. The minimum atomic E-state index is 1.06. The zero-order valence-corrected chi connectivity index (χ0v) is 21.1. The molecule has 0 aromatic carbocycles. The molecule has 0 bridgehead atoms. The molecule has 0 aliphatic rings. The van der Waals surface area contributed by atoms with Crippen molar-refractivity contribution < 1.29 is 0 Å². The van der Waals surface area contributed by atoms with Crippen LogP contribution in [0.3, 0.4) is 0 Å². The second-order valence-corrected chi connectivity index (χ2v) is 9.09. The van der Waals surface area contributed by atoms with Gasteiger partial charge in [-0.15, -0.1) is 0 Å². The van der Waals surface area contributed by atoms with Crippen molar-refractivity contribution in [2.45, 2.75) is 106 Å². The normalized spacial score (nSPS) is 13.3. The van der Waals surface area contributed by atoms with Gasteiger partial charge in [0.15, 0.2) is 0 Å². The Kier molecular flexibility index (Phi) is 16.9. The minimum absolute atomic E-state index is 1.06. The van der Waals surface area contributed by atoms with Crippen LogP contribution >= 0.6 is 0 Å². The van der Waals surface area contributed by atoms with Gasteiger partial charge in [0.05, 0.1) is 0 Å². The maximum atomic E-state index is 4.01. The standard InChI is InChI=1S/C30H48/c1-9-30(23-13-21-28(7)18-11-16-26(4)5)24-14-22-29(8)20-12-19-27(6)17-10-15-25(2)3/h9,15-16,19-21,24H,1,10-14,17-18,22-23H2,2-8H3/b27-19+,28-21+,29-20+,30-24+. The molecule has 0 saturated carbocycles. The molecule has 0 fully saturated rings. The average Bonchev–Trinajstić information content (AvgIpc) is 2.66. The second kappa shape index (κ2) is 18.0. The monoisotopic (exact) mass is 408 g/mol. The van der Waals surface area contributed by atoms with Crippen molar-refractivity contribution in [3.8, 4) is 0 Å². The fourth-order valence-corrected chi connectivity index (χ4v) is 3.20. The molecule has 0 rings (SSSR count). The van der Waals surface area contributed by atoms with Crippen molar-refractivity contribution in [3.05, 3.63) is 82.5 Å². The van der Waals surface area contributed by atoms with Crippen molar-refractivity contribution >= 4 is 0 Å². The van der Waals surface area contributed by atoms with E-state index < -0.39 is 0 Å². The Morgan fingerprint density at radius 1 is 0.500 bits per heavy atom. The molecular weight excluding hydrogens is 360 g/mol. The summed E-state index contributed by atoms with van der Waals surface area (Å²) < 4.78 is 0. The molecule has 0 saturated heterocycles. The van der Waals surface area contributed by atoms with Gasteiger partial charge < -0.3 is 0 Å². The lowest BCUT2D eigenvalue weighted by atomic mass is 10.0. The van der Waals surface area contributed by atoms with Crippen molar-refractivity contribution in [1.82, 2.24) is 0 Å². The summed E-state index contributed by atoms with van der Waals surface area (Å²) in [4.78, 5) is 0. The topological polar surface area (TPSA) is 0 Å². The highest BCUT2D eigenvalue weighted by Crippen LogP contribution is 2.15. The molecule has 0 aromatic heterocycles. The molecule has 0 atom stereocenters. The number of allylic oxidation sites excluding steroid dienone is 13. The lowest BCUT2D eigenvalue weighted by Gasteiger charge is -2.03. The van der Waals surface area contributed by atoms with Crippen LogP contribution in [0.2, 0.25) is 0 Å². The molecular formula is C30H48. The van der Waals surface area contributed by atoms with Crippen LogP contribution < -0.4 is 0 Å². The number of rotatable bonds is 15. The summed E-state index contributed by atoms with van der Waals surface area (Å²) in [7, 11) is 0. The van der Waals surface area contributed by atoms with Gasteiger partial charge in [-0.3, -0.25) is 0 Å². The van der Waals surface area contributed by atoms with E-state index in [1.54, 1.807) is 0 Å². The zero-order chi connectivity index (χ0) is 22.8. The van der Waals surface area contributed by atoms with Crippen molar-refractivity contribution in [2.75, 3.05) is 0 Å². The Bertz CT molecular complexity index is 663. The zero-order valence-electron chi connectivity index (χ0n) is 21.1.